The van der Waals surface area contributed by atoms with Gasteiger partial charge in [0.25, 0.3) is 0 Å². The molecule has 1 aromatic rings. The number of para-hydroxylation sites is 1. The Bertz CT molecular complexity index is 418. The first-order chi connectivity index (χ1) is 8.65. The van der Waals surface area contributed by atoms with E-state index >= 15 is 0 Å². The summed E-state index contributed by atoms with van der Waals surface area (Å²) in [5, 5.41) is 6.14. The number of benzene rings is 1. The van der Waals surface area contributed by atoms with Gasteiger partial charge in [-0.1, -0.05) is 18.2 Å². The van der Waals surface area contributed by atoms with Gasteiger partial charge in [-0.3, -0.25) is 4.79 Å². The second kappa shape index (κ2) is 5.87. The molecule has 4 heteroatoms. The Labute approximate surface area is 108 Å². The lowest BCUT2D eigenvalue weighted by Gasteiger charge is -2.26. The van der Waals surface area contributed by atoms with E-state index in [0.717, 1.165) is 13.0 Å². The summed E-state index contributed by atoms with van der Waals surface area (Å²) in [7, 11) is 0. The molecule has 1 heterocycles. The van der Waals surface area contributed by atoms with E-state index in [-0.39, 0.29) is 24.7 Å². The van der Waals surface area contributed by atoms with Gasteiger partial charge < -0.3 is 15.4 Å². The monoisotopic (exact) mass is 248 g/mol. The zero-order valence-corrected chi connectivity index (χ0v) is 10.9. The fourth-order valence-electron chi connectivity index (χ4n) is 2.09. The van der Waals surface area contributed by atoms with Crippen LogP contribution in [-0.2, 0) is 16.0 Å². The molecule has 1 aliphatic heterocycles. The summed E-state index contributed by atoms with van der Waals surface area (Å²) in [5.41, 5.74) is 2.42. The minimum Gasteiger partial charge on any atom is -0.382 e. The lowest BCUT2D eigenvalue weighted by molar-refractivity contribution is -0.128. The molecule has 0 aromatic heterocycles. The van der Waals surface area contributed by atoms with Crippen LogP contribution in [0.5, 0.6) is 0 Å². The first-order valence-corrected chi connectivity index (χ1v) is 6.38. The molecule has 1 aliphatic rings. The fourth-order valence-corrected chi connectivity index (χ4v) is 2.09. The minimum absolute atomic E-state index is 0.0520. The van der Waals surface area contributed by atoms with Crippen molar-refractivity contribution in [2.24, 2.45) is 0 Å². The zero-order chi connectivity index (χ0) is 13.0. The normalized spacial score (nSPS) is 18.1. The number of nitrogens with one attached hydrogen (secondary N) is 2. The summed E-state index contributed by atoms with van der Waals surface area (Å²) < 4.78 is 5.63. The maximum absolute atomic E-state index is 11.5. The van der Waals surface area contributed by atoms with Gasteiger partial charge in [-0.05, 0) is 25.5 Å². The minimum atomic E-state index is -0.0520. The number of carbonyl (C=O) groups is 1. The predicted octanol–water partition coefficient (Wildman–Crippen LogP) is 1.56. The standard InChI is InChI=1S/C14H20N2O2/c1-10(2)16-14(17)9-18-12-7-11-5-3-4-6-13(11)15-8-12/h3-6,10,12,15H,7-9H2,1-2H3,(H,16,17). The van der Waals surface area contributed by atoms with E-state index in [4.69, 9.17) is 4.74 Å². The first kappa shape index (κ1) is 12.9. The van der Waals surface area contributed by atoms with Crippen LogP contribution in [-0.4, -0.2) is 31.2 Å². The summed E-state index contributed by atoms with van der Waals surface area (Å²) in [6.45, 7) is 4.77. The van der Waals surface area contributed by atoms with Crippen molar-refractivity contribution in [2.75, 3.05) is 18.5 Å². The molecule has 4 nitrogen and oxygen atoms in total. The third kappa shape index (κ3) is 3.47. The molecule has 1 amide bonds. The summed E-state index contributed by atoms with van der Waals surface area (Å²) in [6, 6.07) is 8.35. The SMILES string of the molecule is CC(C)NC(=O)COC1CNc2ccccc2C1. The predicted molar refractivity (Wildman–Crippen MR) is 71.7 cm³/mol. The topological polar surface area (TPSA) is 50.4 Å². The van der Waals surface area contributed by atoms with Crippen molar-refractivity contribution in [3.63, 3.8) is 0 Å². The Hall–Kier alpha value is -1.55. The number of hydrogen-bond acceptors (Lipinski definition) is 3. The maximum Gasteiger partial charge on any atom is 0.246 e. The largest absolute Gasteiger partial charge is 0.382 e. The van der Waals surface area contributed by atoms with Crippen molar-refractivity contribution in [3.05, 3.63) is 29.8 Å². The van der Waals surface area contributed by atoms with E-state index in [1.807, 2.05) is 26.0 Å². The number of fused-ring (bicyclic) bond motifs is 1. The summed E-state index contributed by atoms with van der Waals surface area (Å²) in [6.07, 6.45) is 0.927. The van der Waals surface area contributed by atoms with E-state index < -0.39 is 0 Å². The fraction of sp³-hybridized carbons (Fsp3) is 0.500. The Morgan fingerprint density at radius 1 is 1.50 bits per heavy atom. The van der Waals surface area contributed by atoms with Crippen LogP contribution >= 0.6 is 0 Å². The van der Waals surface area contributed by atoms with Gasteiger partial charge in [-0.25, -0.2) is 0 Å². The molecule has 0 bridgehead atoms. The van der Waals surface area contributed by atoms with E-state index in [1.54, 1.807) is 0 Å². The molecule has 1 unspecified atom stereocenters. The molecule has 2 N–H and O–H groups in total. The third-order valence-corrected chi connectivity index (χ3v) is 2.88. The smallest absolute Gasteiger partial charge is 0.246 e. The molecule has 1 aromatic carbocycles. The zero-order valence-electron chi connectivity index (χ0n) is 10.9. The van der Waals surface area contributed by atoms with E-state index in [0.29, 0.717) is 0 Å². The highest BCUT2D eigenvalue weighted by atomic mass is 16.5. The van der Waals surface area contributed by atoms with Crippen molar-refractivity contribution < 1.29 is 9.53 Å². The Kier molecular flexibility index (Phi) is 4.20. The van der Waals surface area contributed by atoms with Gasteiger partial charge in [-0.2, -0.15) is 0 Å². The summed E-state index contributed by atoms with van der Waals surface area (Å²) in [5.74, 6) is -0.0520. The van der Waals surface area contributed by atoms with Gasteiger partial charge in [0.15, 0.2) is 0 Å². The van der Waals surface area contributed by atoms with Crippen molar-refractivity contribution in [3.8, 4) is 0 Å². The van der Waals surface area contributed by atoms with Gasteiger partial charge in [0.1, 0.15) is 6.61 Å². The molecular weight excluding hydrogens is 228 g/mol. The Morgan fingerprint density at radius 2 is 2.28 bits per heavy atom. The second-order valence-corrected chi connectivity index (χ2v) is 4.90. The number of rotatable bonds is 4. The number of carbonyl (C=O) groups excluding carboxylic acids is 1. The maximum atomic E-state index is 11.5. The highest BCUT2D eigenvalue weighted by Gasteiger charge is 2.19. The molecule has 0 spiro atoms. The molecule has 2 rings (SSSR count). The van der Waals surface area contributed by atoms with Crippen molar-refractivity contribution in [2.45, 2.75) is 32.4 Å². The second-order valence-electron chi connectivity index (χ2n) is 4.90. The quantitative estimate of drug-likeness (QED) is 0.850. The van der Waals surface area contributed by atoms with Crippen LogP contribution in [0.2, 0.25) is 0 Å². The van der Waals surface area contributed by atoms with Gasteiger partial charge in [0.05, 0.1) is 6.10 Å². The van der Waals surface area contributed by atoms with Crippen molar-refractivity contribution in [1.82, 2.24) is 5.32 Å². The van der Waals surface area contributed by atoms with E-state index in [2.05, 4.69) is 22.8 Å². The molecule has 18 heavy (non-hydrogen) atoms. The Morgan fingerprint density at radius 3 is 3.06 bits per heavy atom. The lowest BCUT2D eigenvalue weighted by Crippen LogP contribution is -2.37. The van der Waals surface area contributed by atoms with Gasteiger partial charge >= 0.3 is 0 Å². The van der Waals surface area contributed by atoms with Crippen molar-refractivity contribution >= 4 is 11.6 Å². The average Bonchev–Trinajstić information content (AvgIpc) is 2.35. The van der Waals surface area contributed by atoms with Crippen molar-refractivity contribution in [1.29, 1.82) is 0 Å². The summed E-state index contributed by atoms with van der Waals surface area (Å²) in [4.78, 5) is 11.5. The lowest BCUT2D eigenvalue weighted by atomic mass is 10.0. The van der Waals surface area contributed by atoms with Crippen LogP contribution in [0.3, 0.4) is 0 Å². The molecule has 0 radical (unpaired) electrons. The van der Waals surface area contributed by atoms with Gasteiger partial charge in [0, 0.05) is 24.7 Å². The number of amides is 1. The first-order valence-electron chi connectivity index (χ1n) is 6.38. The molecule has 0 aliphatic carbocycles. The van der Waals surface area contributed by atoms with Crippen LogP contribution < -0.4 is 10.6 Å². The number of anilines is 1. The van der Waals surface area contributed by atoms with E-state index in [1.165, 1.54) is 11.3 Å². The highest BCUT2D eigenvalue weighted by molar-refractivity contribution is 5.77. The molecule has 1 atom stereocenters. The third-order valence-electron chi connectivity index (χ3n) is 2.88. The summed E-state index contributed by atoms with van der Waals surface area (Å²) >= 11 is 0. The van der Waals surface area contributed by atoms with Gasteiger partial charge in [-0.15, -0.1) is 0 Å². The molecule has 0 fully saturated rings. The van der Waals surface area contributed by atoms with Crippen LogP contribution in [0.25, 0.3) is 0 Å². The van der Waals surface area contributed by atoms with Crippen LogP contribution in [0, 0.1) is 0 Å². The van der Waals surface area contributed by atoms with Crippen LogP contribution in [0.1, 0.15) is 19.4 Å². The Balaban J connectivity index is 1.81. The average molecular weight is 248 g/mol. The van der Waals surface area contributed by atoms with Gasteiger partial charge in [0.2, 0.25) is 5.91 Å². The number of hydrogen-bond donors (Lipinski definition) is 2. The molecule has 0 saturated heterocycles. The molecule has 98 valence electrons. The molecule has 0 saturated carbocycles. The van der Waals surface area contributed by atoms with Crippen LogP contribution in [0.15, 0.2) is 24.3 Å². The highest BCUT2D eigenvalue weighted by Crippen LogP contribution is 2.22. The molecular formula is C14H20N2O2. The number of ether oxygens (including phenoxy) is 1. The van der Waals surface area contributed by atoms with E-state index in [9.17, 15) is 4.79 Å². The van der Waals surface area contributed by atoms with Crippen LogP contribution in [0.4, 0.5) is 5.69 Å².